The molecule has 0 unspecified atom stereocenters. The van der Waals surface area contributed by atoms with Crippen molar-refractivity contribution in [3.05, 3.63) is 71.7 Å². The maximum absolute atomic E-state index is 13.1. The highest BCUT2D eigenvalue weighted by atomic mass is 19.1. The molecule has 0 saturated heterocycles. The third-order valence-electron chi connectivity index (χ3n) is 4.68. The van der Waals surface area contributed by atoms with Crippen molar-refractivity contribution in [2.75, 3.05) is 5.73 Å². The summed E-state index contributed by atoms with van der Waals surface area (Å²) < 4.78 is 13.1. The van der Waals surface area contributed by atoms with Gasteiger partial charge in [0.05, 0.1) is 28.9 Å². The second-order valence-corrected chi connectivity index (χ2v) is 6.54. The number of para-hydroxylation sites is 1. The van der Waals surface area contributed by atoms with E-state index in [1.807, 2.05) is 24.3 Å². The lowest BCUT2D eigenvalue weighted by Crippen LogP contribution is -2.36. The minimum Gasteiger partial charge on any atom is -0.397 e. The average Bonchev–Trinajstić information content (AvgIpc) is 3.36. The van der Waals surface area contributed by atoms with E-state index in [0.717, 1.165) is 23.8 Å². The first kappa shape index (κ1) is 15.6. The van der Waals surface area contributed by atoms with Crippen LogP contribution in [0.4, 0.5) is 10.1 Å². The van der Waals surface area contributed by atoms with Gasteiger partial charge in [-0.2, -0.15) is 0 Å². The van der Waals surface area contributed by atoms with Crippen molar-refractivity contribution < 1.29 is 9.18 Å². The minimum absolute atomic E-state index is 0.0943. The van der Waals surface area contributed by atoms with Crippen LogP contribution in [0.25, 0.3) is 10.9 Å². The number of hydrogen-bond donors (Lipinski definition) is 2. The lowest BCUT2D eigenvalue weighted by atomic mass is 10.0. The molecule has 1 aromatic heterocycles. The summed E-state index contributed by atoms with van der Waals surface area (Å²) >= 11 is 0. The van der Waals surface area contributed by atoms with Gasteiger partial charge in [0.1, 0.15) is 5.82 Å². The van der Waals surface area contributed by atoms with Crippen molar-refractivity contribution in [1.29, 1.82) is 0 Å². The molecule has 1 aliphatic rings. The number of benzene rings is 2. The summed E-state index contributed by atoms with van der Waals surface area (Å²) in [6, 6.07) is 15.7. The molecular formula is C20H18FN3O. The zero-order valence-corrected chi connectivity index (χ0v) is 13.6. The summed E-state index contributed by atoms with van der Waals surface area (Å²) in [6.45, 7) is 0. The summed E-state index contributed by atoms with van der Waals surface area (Å²) in [4.78, 5) is 17.0. The van der Waals surface area contributed by atoms with Crippen molar-refractivity contribution in [3.8, 4) is 0 Å². The molecule has 25 heavy (non-hydrogen) atoms. The molecule has 0 bridgehead atoms. The monoisotopic (exact) mass is 335 g/mol. The van der Waals surface area contributed by atoms with E-state index in [9.17, 15) is 9.18 Å². The molecule has 0 radical (unpaired) electrons. The van der Waals surface area contributed by atoms with Crippen LogP contribution in [0.3, 0.4) is 0 Å². The number of rotatable bonds is 4. The smallest absolute Gasteiger partial charge is 0.226 e. The van der Waals surface area contributed by atoms with Crippen LogP contribution in [0.15, 0.2) is 54.6 Å². The number of nitrogens with two attached hydrogens (primary N) is 1. The molecule has 5 heteroatoms. The van der Waals surface area contributed by atoms with E-state index in [1.54, 1.807) is 18.2 Å². The third-order valence-corrected chi connectivity index (χ3v) is 4.68. The van der Waals surface area contributed by atoms with Crippen molar-refractivity contribution in [2.24, 2.45) is 0 Å². The molecule has 4 rings (SSSR count). The number of carbonyl (C=O) groups excluding carboxylic acids is 1. The molecule has 0 atom stereocenters. The van der Waals surface area contributed by atoms with Gasteiger partial charge < -0.3 is 11.1 Å². The Bertz CT molecular complexity index is 949. The fourth-order valence-corrected chi connectivity index (χ4v) is 3.16. The highest BCUT2D eigenvalue weighted by Gasteiger charge is 2.45. The van der Waals surface area contributed by atoms with Crippen LogP contribution in [0.1, 0.15) is 24.1 Å². The van der Waals surface area contributed by atoms with Gasteiger partial charge in [0.25, 0.3) is 0 Å². The largest absolute Gasteiger partial charge is 0.397 e. The molecule has 3 N–H and O–H groups in total. The van der Waals surface area contributed by atoms with Crippen LogP contribution in [-0.2, 0) is 16.8 Å². The average molecular weight is 335 g/mol. The molecule has 3 aromatic rings. The van der Waals surface area contributed by atoms with Gasteiger partial charge >= 0.3 is 0 Å². The number of nitrogens with zero attached hydrogens (tertiary/aromatic N) is 1. The summed E-state index contributed by atoms with van der Waals surface area (Å²) in [7, 11) is 0. The molecule has 0 spiro atoms. The highest BCUT2D eigenvalue weighted by molar-refractivity contribution is 5.89. The van der Waals surface area contributed by atoms with Crippen LogP contribution in [0.2, 0.25) is 0 Å². The first-order chi connectivity index (χ1) is 12.1. The van der Waals surface area contributed by atoms with Gasteiger partial charge in [-0.25, -0.2) is 4.39 Å². The standard InChI is InChI=1S/C20H18FN3O/c21-15-7-5-14(6-8-15)20(10-11-20)24-18(25)12-16-9-4-13-2-1-3-17(22)19(13)23-16/h1-9H,10-12,22H2,(H,24,25). The van der Waals surface area contributed by atoms with E-state index >= 15 is 0 Å². The van der Waals surface area contributed by atoms with Gasteiger partial charge in [0.2, 0.25) is 5.91 Å². The molecule has 2 aromatic carbocycles. The zero-order chi connectivity index (χ0) is 17.4. The maximum atomic E-state index is 13.1. The van der Waals surface area contributed by atoms with Crippen LogP contribution in [0, 0.1) is 5.82 Å². The predicted octanol–water partition coefficient (Wildman–Crippen LogP) is 3.30. The maximum Gasteiger partial charge on any atom is 0.226 e. The van der Waals surface area contributed by atoms with Crippen molar-refractivity contribution in [2.45, 2.75) is 24.8 Å². The van der Waals surface area contributed by atoms with E-state index in [4.69, 9.17) is 5.73 Å². The molecule has 1 saturated carbocycles. The SMILES string of the molecule is Nc1cccc2ccc(CC(=O)NC3(c4ccc(F)cc4)CC3)nc12. The third kappa shape index (κ3) is 3.05. The summed E-state index contributed by atoms with van der Waals surface area (Å²) in [6.07, 6.45) is 1.91. The van der Waals surface area contributed by atoms with Crippen LogP contribution >= 0.6 is 0 Å². The Balaban J connectivity index is 1.51. The molecule has 4 nitrogen and oxygen atoms in total. The quantitative estimate of drug-likeness (QED) is 0.719. The fourth-order valence-electron chi connectivity index (χ4n) is 3.16. The van der Waals surface area contributed by atoms with E-state index in [0.29, 0.717) is 16.9 Å². The van der Waals surface area contributed by atoms with Crippen LogP contribution < -0.4 is 11.1 Å². The Morgan fingerprint density at radius 1 is 1.12 bits per heavy atom. The van der Waals surface area contributed by atoms with Gasteiger partial charge in [-0.1, -0.05) is 30.3 Å². The Morgan fingerprint density at radius 2 is 1.88 bits per heavy atom. The van der Waals surface area contributed by atoms with Crippen LogP contribution in [-0.4, -0.2) is 10.9 Å². The normalized spacial score (nSPS) is 15.1. The molecule has 1 amide bonds. The Labute approximate surface area is 144 Å². The van der Waals surface area contributed by atoms with E-state index < -0.39 is 0 Å². The lowest BCUT2D eigenvalue weighted by molar-refractivity contribution is -0.121. The second kappa shape index (κ2) is 5.84. The number of nitrogen functional groups attached to an aromatic ring is 1. The van der Waals surface area contributed by atoms with Gasteiger partial charge in [-0.15, -0.1) is 0 Å². The number of aromatic nitrogens is 1. The summed E-state index contributed by atoms with van der Waals surface area (Å²) in [5, 5.41) is 4.03. The van der Waals surface area contributed by atoms with Gasteiger partial charge in [-0.05, 0) is 42.7 Å². The van der Waals surface area contributed by atoms with E-state index in [2.05, 4.69) is 10.3 Å². The van der Waals surface area contributed by atoms with Gasteiger partial charge in [0.15, 0.2) is 0 Å². The predicted molar refractivity (Wildman–Crippen MR) is 95.3 cm³/mol. The van der Waals surface area contributed by atoms with Gasteiger partial charge in [0, 0.05) is 5.39 Å². The minimum atomic E-state index is -0.360. The fraction of sp³-hybridized carbons (Fsp3) is 0.200. The number of nitrogens with one attached hydrogen (secondary N) is 1. The van der Waals surface area contributed by atoms with E-state index in [1.165, 1.54) is 12.1 Å². The number of halogens is 1. The zero-order valence-electron chi connectivity index (χ0n) is 13.6. The molecule has 126 valence electrons. The second-order valence-electron chi connectivity index (χ2n) is 6.54. The Kier molecular flexibility index (Phi) is 3.64. The highest BCUT2D eigenvalue weighted by Crippen LogP contribution is 2.45. The van der Waals surface area contributed by atoms with Crippen molar-refractivity contribution >= 4 is 22.5 Å². The molecule has 1 fully saturated rings. The topological polar surface area (TPSA) is 68.0 Å². The Hall–Kier alpha value is -2.95. The lowest BCUT2D eigenvalue weighted by Gasteiger charge is -2.18. The molecule has 0 aliphatic heterocycles. The Morgan fingerprint density at radius 3 is 2.60 bits per heavy atom. The number of carbonyl (C=O) groups is 1. The first-order valence-corrected chi connectivity index (χ1v) is 8.27. The number of pyridine rings is 1. The first-order valence-electron chi connectivity index (χ1n) is 8.27. The molecular weight excluding hydrogens is 317 g/mol. The molecule has 1 heterocycles. The molecule has 1 aliphatic carbocycles. The van der Waals surface area contributed by atoms with Crippen molar-refractivity contribution in [3.63, 3.8) is 0 Å². The van der Waals surface area contributed by atoms with Crippen molar-refractivity contribution in [1.82, 2.24) is 10.3 Å². The number of hydrogen-bond acceptors (Lipinski definition) is 3. The van der Waals surface area contributed by atoms with Gasteiger partial charge in [-0.3, -0.25) is 9.78 Å². The summed E-state index contributed by atoms with van der Waals surface area (Å²) in [5.41, 5.74) is 8.54. The number of amides is 1. The number of fused-ring (bicyclic) bond motifs is 1. The summed E-state index contributed by atoms with van der Waals surface area (Å²) in [5.74, 6) is -0.369. The van der Waals surface area contributed by atoms with Crippen LogP contribution in [0.5, 0.6) is 0 Å². The number of anilines is 1. The van der Waals surface area contributed by atoms with E-state index in [-0.39, 0.29) is 23.7 Å².